The first-order valence-electron chi connectivity index (χ1n) is 7.39. The number of hydrogen-bond acceptors (Lipinski definition) is 8. The van der Waals surface area contributed by atoms with Crippen LogP contribution in [0, 0.1) is 0 Å². The molecule has 0 radical (unpaired) electrons. The number of nitrogens with zero attached hydrogens (tertiary/aromatic N) is 4. The van der Waals surface area contributed by atoms with Gasteiger partial charge in [-0.3, -0.25) is 0 Å². The smallest absolute Gasteiger partial charge is 0.323 e. The van der Waals surface area contributed by atoms with E-state index in [9.17, 15) is 0 Å². The van der Waals surface area contributed by atoms with E-state index < -0.39 is 0 Å². The Morgan fingerprint density at radius 3 is 2.81 bits per heavy atom. The van der Waals surface area contributed by atoms with Crippen LogP contribution in [0.1, 0.15) is 19.8 Å². The third-order valence-electron chi connectivity index (χ3n) is 2.96. The number of anilines is 2. The van der Waals surface area contributed by atoms with Crippen molar-refractivity contribution >= 4 is 11.9 Å². The second kappa shape index (κ2) is 8.58. The maximum Gasteiger partial charge on any atom is 0.323 e. The summed E-state index contributed by atoms with van der Waals surface area (Å²) in [6.45, 7) is 6.20. The summed E-state index contributed by atoms with van der Waals surface area (Å²) < 4.78 is 10.8. The van der Waals surface area contributed by atoms with Crippen molar-refractivity contribution in [2.75, 3.05) is 56.3 Å². The van der Waals surface area contributed by atoms with Gasteiger partial charge in [0.2, 0.25) is 11.9 Å². The van der Waals surface area contributed by atoms with E-state index in [1.807, 2.05) is 0 Å². The number of ether oxygens (including phenoxy) is 2. The summed E-state index contributed by atoms with van der Waals surface area (Å²) in [7, 11) is 0. The molecule has 8 nitrogen and oxygen atoms in total. The van der Waals surface area contributed by atoms with Gasteiger partial charge in [-0.1, -0.05) is 6.92 Å². The number of nitrogens with one attached hydrogen (secondary N) is 1. The molecular formula is C13H23N5O3. The Morgan fingerprint density at radius 2 is 2.10 bits per heavy atom. The molecule has 2 heterocycles. The minimum absolute atomic E-state index is 0.0857. The average Bonchev–Trinajstić information content (AvgIpc) is 2.54. The number of morpholine rings is 1. The van der Waals surface area contributed by atoms with Gasteiger partial charge in [-0.05, 0) is 6.42 Å². The van der Waals surface area contributed by atoms with Gasteiger partial charge >= 0.3 is 6.01 Å². The zero-order valence-electron chi connectivity index (χ0n) is 12.4. The summed E-state index contributed by atoms with van der Waals surface area (Å²) in [5, 5.41) is 12.0. The molecule has 118 valence electrons. The van der Waals surface area contributed by atoms with Gasteiger partial charge < -0.3 is 24.8 Å². The molecule has 0 amide bonds. The predicted molar refractivity (Wildman–Crippen MR) is 78.8 cm³/mol. The molecule has 2 rings (SSSR count). The fourth-order valence-corrected chi connectivity index (χ4v) is 1.86. The summed E-state index contributed by atoms with van der Waals surface area (Å²) in [6, 6.07) is 0.290. The van der Waals surface area contributed by atoms with Crippen LogP contribution in [0.4, 0.5) is 11.9 Å². The predicted octanol–water partition coefficient (Wildman–Crippen LogP) is 0.291. The summed E-state index contributed by atoms with van der Waals surface area (Å²) in [5.41, 5.74) is 0. The molecule has 0 aliphatic carbocycles. The molecule has 8 heteroatoms. The average molecular weight is 297 g/mol. The number of hydrogen-bond donors (Lipinski definition) is 2. The molecule has 0 bridgehead atoms. The molecule has 2 N–H and O–H groups in total. The van der Waals surface area contributed by atoms with E-state index in [0.717, 1.165) is 26.1 Å². The first-order valence-corrected chi connectivity index (χ1v) is 7.39. The highest BCUT2D eigenvalue weighted by molar-refractivity contribution is 5.38. The number of aliphatic hydroxyl groups is 1. The lowest BCUT2D eigenvalue weighted by Crippen LogP contribution is -2.37. The normalized spacial score (nSPS) is 15.0. The second-order valence-electron chi connectivity index (χ2n) is 4.69. The molecule has 0 spiro atoms. The highest BCUT2D eigenvalue weighted by Gasteiger charge is 2.17. The Morgan fingerprint density at radius 1 is 1.29 bits per heavy atom. The number of aromatic nitrogens is 3. The summed E-state index contributed by atoms with van der Waals surface area (Å²) in [5.74, 6) is 1.12. The lowest BCUT2D eigenvalue weighted by atomic mass is 10.4. The van der Waals surface area contributed by atoms with E-state index in [1.54, 1.807) is 0 Å². The van der Waals surface area contributed by atoms with E-state index >= 15 is 0 Å². The van der Waals surface area contributed by atoms with E-state index in [1.165, 1.54) is 0 Å². The van der Waals surface area contributed by atoms with Gasteiger partial charge in [0.25, 0.3) is 0 Å². The van der Waals surface area contributed by atoms with Crippen LogP contribution in [0.5, 0.6) is 6.01 Å². The van der Waals surface area contributed by atoms with Crippen molar-refractivity contribution in [3.8, 4) is 6.01 Å². The topological polar surface area (TPSA) is 92.6 Å². The van der Waals surface area contributed by atoms with Crippen molar-refractivity contribution in [2.24, 2.45) is 0 Å². The Hall–Kier alpha value is -1.67. The summed E-state index contributed by atoms with van der Waals surface area (Å²) in [6.07, 6.45) is 1.54. The van der Waals surface area contributed by atoms with Crippen molar-refractivity contribution in [3.05, 3.63) is 0 Å². The highest BCUT2D eigenvalue weighted by atomic mass is 16.5. The molecule has 1 saturated heterocycles. The third kappa shape index (κ3) is 4.98. The van der Waals surface area contributed by atoms with E-state index in [0.29, 0.717) is 44.1 Å². The second-order valence-corrected chi connectivity index (χ2v) is 4.69. The van der Waals surface area contributed by atoms with Crippen molar-refractivity contribution in [1.82, 2.24) is 15.0 Å². The van der Waals surface area contributed by atoms with Crippen molar-refractivity contribution < 1.29 is 14.6 Å². The summed E-state index contributed by atoms with van der Waals surface area (Å²) >= 11 is 0. The summed E-state index contributed by atoms with van der Waals surface area (Å²) in [4.78, 5) is 15.1. The lowest BCUT2D eigenvalue weighted by molar-refractivity contribution is 0.122. The van der Waals surface area contributed by atoms with Gasteiger partial charge in [-0.15, -0.1) is 0 Å². The third-order valence-corrected chi connectivity index (χ3v) is 2.96. The first kappa shape index (κ1) is 15.7. The molecule has 1 aromatic heterocycles. The quantitative estimate of drug-likeness (QED) is 0.662. The molecular weight excluding hydrogens is 274 g/mol. The standard InChI is InChI=1S/C13H23N5O3/c1-2-4-14-11-15-12(18-5-9-20-10-6-18)17-13(16-11)21-8-3-7-19/h19H,2-10H2,1H3,(H,14,15,16,17). The Kier molecular flexibility index (Phi) is 6.42. The van der Waals surface area contributed by atoms with Gasteiger partial charge in [0, 0.05) is 32.7 Å². The van der Waals surface area contributed by atoms with Crippen molar-refractivity contribution in [2.45, 2.75) is 19.8 Å². The molecule has 1 aromatic rings. The largest absolute Gasteiger partial charge is 0.463 e. The van der Waals surface area contributed by atoms with Crippen LogP contribution < -0.4 is 15.0 Å². The van der Waals surface area contributed by atoms with Gasteiger partial charge in [0.1, 0.15) is 0 Å². The van der Waals surface area contributed by atoms with Gasteiger partial charge in [-0.25, -0.2) is 0 Å². The van der Waals surface area contributed by atoms with Crippen LogP contribution in [0.2, 0.25) is 0 Å². The number of aliphatic hydroxyl groups excluding tert-OH is 1. The van der Waals surface area contributed by atoms with Crippen molar-refractivity contribution in [3.63, 3.8) is 0 Å². The van der Waals surface area contributed by atoms with Crippen LogP contribution in [0.15, 0.2) is 0 Å². The minimum atomic E-state index is 0.0857. The van der Waals surface area contributed by atoms with E-state index in [-0.39, 0.29) is 6.61 Å². The number of rotatable bonds is 8. The zero-order chi connectivity index (χ0) is 14.9. The zero-order valence-corrected chi connectivity index (χ0v) is 12.4. The molecule has 21 heavy (non-hydrogen) atoms. The fraction of sp³-hybridized carbons (Fsp3) is 0.769. The molecule has 0 unspecified atom stereocenters. The van der Waals surface area contributed by atoms with Crippen LogP contribution in [0.25, 0.3) is 0 Å². The molecule has 1 fully saturated rings. The van der Waals surface area contributed by atoms with Crippen LogP contribution >= 0.6 is 0 Å². The molecule has 0 atom stereocenters. The monoisotopic (exact) mass is 297 g/mol. The van der Waals surface area contributed by atoms with Crippen LogP contribution in [-0.4, -0.2) is 66.1 Å². The van der Waals surface area contributed by atoms with Gasteiger partial charge in [0.15, 0.2) is 0 Å². The fourth-order valence-electron chi connectivity index (χ4n) is 1.86. The molecule has 0 saturated carbocycles. The Balaban J connectivity index is 2.10. The van der Waals surface area contributed by atoms with E-state index in [4.69, 9.17) is 14.6 Å². The maximum atomic E-state index is 8.81. The molecule has 1 aliphatic heterocycles. The van der Waals surface area contributed by atoms with E-state index in [2.05, 4.69) is 32.1 Å². The van der Waals surface area contributed by atoms with Crippen LogP contribution in [0.3, 0.4) is 0 Å². The van der Waals surface area contributed by atoms with Crippen LogP contribution in [-0.2, 0) is 4.74 Å². The Bertz CT molecular complexity index is 426. The lowest BCUT2D eigenvalue weighted by Gasteiger charge is -2.27. The molecule has 1 aliphatic rings. The minimum Gasteiger partial charge on any atom is -0.463 e. The highest BCUT2D eigenvalue weighted by Crippen LogP contribution is 2.16. The molecule has 0 aromatic carbocycles. The van der Waals surface area contributed by atoms with Gasteiger partial charge in [-0.2, -0.15) is 15.0 Å². The Labute approximate surface area is 124 Å². The van der Waals surface area contributed by atoms with Crippen molar-refractivity contribution in [1.29, 1.82) is 0 Å². The maximum absolute atomic E-state index is 8.81. The first-order chi connectivity index (χ1) is 10.3. The van der Waals surface area contributed by atoms with Gasteiger partial charge in [0.05, 0.1) is 19.8 Å². The SMILES string of the molecule is CCCNc1nc(OCCCO)nc(N2CCOCC2)n1.